The molecule has 1 aliphatic carbocycles. The highest BCUT2D eigenvalue weighted by Gasteiger charge is 2.35. The van der Waals surface area contributed by atoms with Crippen LogP contribution in [0.25, 0.3) is 10.2 Å². The van der Waals surface area contributed by atoms with Gasteiger partial charge in [0.05, 0.1) is 23.8 Å². The molecule has 0 radical (unpaired) electrons. The predicted molar refractivity (Wildman–Crippen MR) is 105 cm³/mol. The van der Waals surface area contributed by atoms with E-state index >= 15 is 0 Å². The summed E-state index contributed by atoms with van der Waals surface area (Å²) >= 11 is 1.36. The van der Waals surface area contributed by atoms with Crippen LogP contribution in [0.2, 0.25) is 0 Å². The van der Waals surface area contributed by atoms with Crippen LogP contribution in [0.3, 0.4) is 0 Å². The first kappa shape index (κ1) is 17.7. The van der Waals surface area contributed by atoms with Gasteiger partial charge in [0.25, 0.3) is 5.56 Å². The lowest BCUT2D eigenvalue weighted by molar-refractivity contribution is 0.199. The number of rotatable bonds is 5. The number of thiophene rings is 1. The Kier molecular flexibility index (Phi) is 4.65. The molecule has 3 heterocycles. The number of aromatic amines is 1. The van der Waals surface area contributed by atoms with Crippen LogP contribution in [0, 0.1) is 12.8 Å². The van der Waals surface area contributed by atoms with E-state index in [2.05, 4.69) is 20.3 Å². The molecule has 0 bridgehead atoms. The third kappa shape index (κ3) is 3.85. The first-order valence-corrected chi connectivity index (χ1v) is 9.81. The molecule has 1 aliphatic rings. The summed E-state index contributed by atoms with van der Waals surface area (Å²) < 4.78 is 0.602. The minimum absolute atomic E-state index is 0.0915. The van der Waals surface area contributed by atoms with Crippen molar-refractivity contribution in [2.75, 3.05) is 7.05 Å². The molecule has 1 atom stereocenters. The Hall–Kier alpha value is -2.74. The molecule has 8 heteroatoms. The van der Waals surface area contributed by atoms with Gasteiger partial charge >= 0.3 is 6.03 Å². The van der Waals surface area contributed by atoms with E-state index in [1.807, 2.05) is 36.6 Å². The Balaban J connectivity index is 1.48. The lowest BCUT2D eigenvalue weighted by Crippen LogP contribution is -2.40. The molecule has 0 unspecified atom stereocenters. The largest absolute Gasteiger partial charge is 0.329 e. The van der Waals surface area contributed by atoms with Gasteiger partial charge in [0.15, 0.2) is 0 Å². The van der Waals surface area contributed by atoms with Crippen molar-refractivity contribution in [3.8, 4) is 0 Å². The number of nitrogens with one attached hydrogen (secondary N) is 2. The van der Waals surface area contributed by atoms with Crippen molar-refractivity contribution >= 4 is 27.6 Å². The molecule has 2 N–H and O–H groups in total. The Morgan fingerprint density at radius 3 is 2.93 bits per heavy atom. The molecule has 27 heavy (non-hydrogen) atoms. The molecule has 0 saturated heterocycles. The lowest BCUT2D eigenvalue weighted by Gasteiger charge is -2.23. The number of urea groups is 1. The summed E-state index contributed by atoms with van der Waals surface area (Å²) in [6.07, 6.45) is 2.18. The molecule has 7 nitrogen and oxygen atoms in total. The highest BCUT2D eigenvalue weighted by Crippen LogP contribution is 2.40. The van der Waals surface area contributed by atoms with E-state index in [0.29, 0.717) is 22.0 Å². The van der Waals surface area contributed by atoms with Gasteiger partial charge in [-0.2, -0.15) is 0 Å². The number of aryl methyl sites for hydroxylation is 1. The minimum atomic E-state index is -0.205. The van der Waals surface area contributed by atoms with E-state index in [1.165, 1.54) is 16.2 Å². The van der Waals surface area contributed by atoms with E-state index in [9.17, 15) is 9.59 Å². The summed E-state index contributed by atoms with van der Waals surface area (Å²) in [7, 11) is 1.70. The second-order valence-electron chi connectivity index (χ2n) is 6.97. The molecule has 2 amide bonds. The summed E-state index contributed by atoms with van der Waals surface area (Å²) in [6.45, 7) is 2.18. The first-order valence-electron chi connectivity index (χ1n) is 8.93. The van der Waals surface area contributed by atoms with Gasteiger partial charge in [-0.25, -0.2) is 9.78 Å². The first-order chi connectivity index (χ1) is 13.0. The van der Waals surface area contributed by atoms with E-state index < -0.39 is 0 Å². The Labute approximate surface area is 160 Å². The highest BCUT2D eigenvalue weighted by atomic mass is 32.1. The normalized spacial score (nSPS) is 14.9. The van der Waals surface area contributed by atoms with Crippen LogP contribution in [0.1, 0.15) is 36.1 Å². The minimum Gasteiger partial charge on any atom is -0.329 e. The average molecular weight is 383 g/mol. The monoisotopic (exact) mass is 383 g/mol. The summed E-state index contributed by atoms with van der Waals surface area (Å²) in [5.74, 6) is 0.900. The van der Waals surface area contributed by atoms with Gasteiger partial charge in [-0.1, -0.05) is 6.07 Å². The van der Waals surface area contributed by atoms with Crippen LogP contribution in [0.5, 0.6) is 0 Å². The quantitative estimate of drug-likeness (QED) is 0.709. The standard InChI is InChI=1S/C19H21N5O2S/c1-11-4-3-5-13(20-11)16(12-6-7-12)23-19(26)24(2)10-15-21-14-8-9-27-17(14)18(25)22-15/h3-5,8-9,12,16H,6-7,10H2,1-2H3,(H,23,26)(H,21,22,25)/t16-/m1/s1. The maximum atomic E-state index is 12.7. The lowest BCUT2D eigenvalue weighted by atomic mass is 10.1. The molecule has 140 valence electrons. The van der Waals surface area contributed by atoms with E-state index in [0.717, 1.165) is 24.2 Å². The molecule has 1 fully saturated rings. The second kappa shape index (κ2) is 7.11. The topological polar surface area (TPSA) is 91.0 Å². The van der Waals surface area contributed by atoms with Gasteiger partial charge in [0.1, 0.15) is 10.5 Å². The number of pyridine rings is 1. The van der Waals surface area contributed by atoms with Crippen LogP contribution >= 0.6 is 11.3 Å². The molecule has 4 rings (SSSR count). The van der Waals surface area contributed by atoms with Crippen LogP contribution < -0.4 is 10.9 Å². The molecular weight excluding hydrogens is 362 g/mol. The zero-order chi connectivity index (χ0) is 19.0. The van der Waals surface area contributed by atoms with Crippen molar-refractivity contribution in [2.45, 2.75) is 32.4 Å². The number of aromatic nitrogens is 3. The van der Waals surface area contributed by atoms with Gasteiger partial charge in [-0.3, -0.25) is 9.78 Å². The number of nitrogens with zero attached hydrogens (tertiary/aromatic N) is 3. The number of hydrogen-bond donors (Lipinski definition) is 2. The Morgan fingerprint density at radius 2 is 2.19 bits per heavy atom. The SMILES string of the molecule is Cc1cccc([C@H](NC(=O)N(C)Cc2nc3ccsc3c(=O)[nH]2)C2CC2)n1. The molecule has 3 aromatic rings. The average Bonchev–Trinajstić information content (AvgIpc) is 3.36. The van der Waals surface area contributed by atoms with Crippen molar-refractivity contribution in [1.82, 2.24) is 25.2 Å². The molecule has 0 spiro atoms. The van der Waals surface area contributed by atoms with Crippen molar-refractivity contribution in [3.05, 3.63) is 57.2 Å². The summed E-state index contributed by atoms with van der Waals surface area (Å²) in [5, 5.41) is 4.93. The van der Waals surface area contributed by atoms with Crippen LogP contribution in [-0.2, 0) is 6.54 Å². The second-order valence-corrected chi connectivity index (χ2v) is 7.89. The van der Waals surface area contributed by atoms with Crippen LogP contribution in [-0.4, -0.2) is 32.9 Å². The summed E-state index contributed by atoms with van der Waals surface area (Å²) in [6, 6.07) is 7.39. The number of carbonyl (C=O) groups is 1. The van der Waals surface area contributed by atoms with Gasteiger partial charge < -0.3 is 15.2 Å². The third-order valence-electron chi connectivity index (χ3n) is 4.70. The Bertz CT molecular complexity index is 1040. The maximum Gasteiger partial charge on any atom is 0.318 e. The van der Waals surface area contributed by atoms with E-state index in [1.54, 1.807) is 7.05 Å². The fourth-order valence-corrected chi connectivity index (χ4v) is 3.86. The fourth-order valence-electron chi connectivity index (χ4n) is 3.14. The van der Waals surface area contributed by atoms with Crippen molar-refractivity contribution in [2.24, 2.45) is 5.92 Å². The maximum absolute atomic E-state index is 12.7. The van der Waals surface area contributed by atoms with Gasteiger partial charge in [0, 0.05) is 12.7 Å². The number of amides is 2. The van der Waals surface area contributed by atoms with Crippen LogP contribution in [0.15, 0.2) is 34.4 Å². The summed E-state index contributed by atoms with van der Waals surface area (Å²) in [5.41, 5.74) is 2.32. The molecular formula is C19H21N5O2S. The predicted octanol–water partition coefficient (Wildman–Crippen LogP) is 2.98. The van der Waals surface area contributed by atoms with Gasteiger partial charge in [-0.15, -0.1) is 11.3 Å². The van der Waals surface area contributed by atoms with E-state index in [-0.39, 0.29) is 24.2 Å². The van der Waals surface area contributed by atoms with Gasteiger partial charge in [0.2, 0.25) is 0 Å². The smallest absolute Gasteiger partial charge is 0.318 e. The van der Waals surface area contributed by atoms with Crippen molar-refractivity contribution < 1.29 is 4.79 Å². The Morgan fingerprint density at radius 1 is 1.37 bits per heavy atom. The van der Waals surface area contributed by atoms with Crippen molar-refractivity contribution in [3.63, 3.8) is 0 Å². The molecule has 0 aliphatic heterocycles. The third-order valence-corrected chi connectivity index (χ3v) is 5.60. The van der Waals surface area contributed by atoms with Crippen molar-refractivity contribution in [1.29, 1.82) is 0 Å². The summed E-state index contributed by atoms with van der Waals surface area (Å²) in [4.78, 5) is 38.1. The number of carbonyl (C=O) groups excluding carboxylic acids is 1. The van der Waals surface area contributed by atoms with E-state index in [4.69, 9.17) is 0 Å². The van der Waals surface area contributed by atoms with Gasteiger partial charge in [-0.05, 0) is 49.3 Å². The molecule has 0 aromatic carbocycles. The fraction of sp³-hybridized carbons (Fsp3) is 0.368. The molecule has 3 aromatic heterocycles. The zero-order valence-electron chi connectivity index (χ0n) is 15.2. The number of H-pyrrole nitrogens is 1. The highest BCUT2D eigenvalue weighted by molar-refractivity contribution is 7.17. The number of hydrogen-bond acceptors (Lipinski definition) is 5. The zero-order valence-corrected chi connectivity index (χ0v) is 16.0. The molecule has 1 saturated carbocycles. The van der Waals surface area contributed by atoms with Crippen LogP contribution in [0.4, 0.5) is 4.79 Å². The number of fused-ring (bicyclic) bond motifs is 1.